The number of rotatable bonds is 2. The fourth-order valence-corrected chi connectivity index (χ4v) is 1.57. The highest BCUT2D eigenvalue weighted by molar-refractivity contribution is 6.08. The van der Waals surface area contributed by atoms with E-state index in [-0.39, 0.29) is 5.75 Å². The van der Waals surface area contributed by atoms with Gasteiger partial charge in [0.25, 0.3) is 0 Å². The van der Waals surface area contributed by atoms with E-state index in [9.17, 15) is 5.11 Å². The molecular formula is C13H11BO. The summed E-state index contributed by atoms with van der Waals surface area (Å²) in [6, 6.07) is 15.3. The van der Waals surface area contributed by atoms with Crippen LogP contribution in [0.1, 0.15) is 5.56 Å². The van der Waals surface area contributed by atoms with Crippen molar-refractivity contribution in [1.29, 1.82) is 0 Å². The third kappa shape index (κ3) is 2.04. The van der Waals surface area contributed by atoms with Crippen molar-refractivity contribution < 1.29 is 5.11 Å². The number of hydrogen-bond donors (Lipinski definition) is 1. The fraction of sp³-hybridized carbons (Fsp3) is 0.0769. The number of hydrogen-bond acceptors (Lipinski definition) is 1. The normalized spacial score (nSPS) is 10.1. The molecule has 0 aromatic heterocycles. The van der Waals surface area contributed by atoms with E-state index in [0.29, 0.717) is 6.32 Å². The molecule has 2 aromatic rings. The number of phenolic OH excluding ortho intramolecular Hbond substituents is 1. The summed E-state index contributed by atoms with van der Waals surface area (Å²) in [5.74, 6) is 0.282. The van der Waals surface area contributed by atoms with E-state index < -0.39 is 0 Å². The zero-order valence-corrected chi connectivity index (χ0v) is 8.35. The summed E-state index contributed by atoms with van der Waals surface area (Å²) in [5, 5.41) is 9.82. The molecule has 0 spiro atoms. The van der Waals surface area contributed by atoms with Crippen LogP contribution in [0.15, 0.2) is 48.5 Å². The minimum absolute atomic E-state index is 0.282. The van der Waals surface area contributed by atoms with Crippen LogP contribution in [-0.4, -0.2) is 13.0 Å². The van der Waals surface area contributed by atoms with Crippen molar-refractivity contribution in [2.45, 2.75) is 6.32 Å². The maximum atomic E-state index is 9.82. The Morgan fingerprint density at radius 3 is 2.33 bits per heavy atom. The Labute approximate surface area is 90.8 Å². The highest BCUT2D eigenvalue weighted by atomic mass is 16.3. The first kappa shape index (κ1) is 9.84. The van der Waals surface area contributed by atoms with Gasteiger partial charge in [0, 0.05) is 5.56 Å². The molecule has 1 N–H and O–H groups in total. The van der Waals surface area contributed by atoms with E-state index >= 15 is 0 Å². The molecule has 15 heavy (non-hydrogen) atoms. The van der Waals surface area contributed by atoms with Crippen LogP contribution in [0.2, 0.25) is 0 Å². The highest BCUT2D eigenvalue weighted by Gasteiger charge is 2.03. The van der Waals surface area contributed by atoms with E-state index in [1.54, 1.807) is 6.07 Å². The molecule has 0 bridgehead atoms. The molecule has 1 nitrogen and oxygen atoms in total. The fourth-order valence-electron chi connectivity index (χ4n) is 1.57. The first-order valence-corrected chi connectivity index (χ1v) is 4.88. The molecule has 0 saturated carbocycles. The van der Waals surface area contributed by atoms with Crippen molar-refractivity contribution in [1.82, 2.24) is 0 Å². The largest absolute Gasteiger partial charge is 0.507 e. The minimum Gasteiger partial charge on any atom is -0.507 e. The second-order valence-corrected chi connectivity index (χ2v) is 3.42. The summed E-state index contributed by atoms with van der Waals surface area (Å²) in [6.07, 6.45) is 0.447. The van der Waals surface area contributed by atoms with E-state index in [1.165, 1.54) is 0 Å². The molecular weight excluding hydrogens is 183 g/mol. The zero-order valence-electron chi connectivity index (χ0n) is 8.35. The third-order valence-electron chi connectivity index (χ3n) is 2.38. The van der Waals surface area contributed by atoms with Gasteiger partial charge in [-0.3, -0.25) is 0 Å². The van der Waals surface area contributed by atoms with Crippen LogP contribution >= 0.6 is 0 Å². The molecule has 0 atom stereocenters. The van der Waals surface area contributed by atoms with Crippen LogP contribution < -0.4 is 0 Å². The summed E-state index contributed by atoms with van der Waals surface area (Å²) < 4.78 is 0. The first-order chi connectivity index (χ1) is 7.31. The Kier molecular flexibility index (Phi) is 2.77. The van der Waals surface area contributed by atoms with Gasteiger partial charge in [0.1, 0.15) is 5.75 Å². The molecule has 72 valence electrons. The Morgan fingerprint density at radius 2 is 1.73 bits per heavy atom. The summed E-state index contributed by atoms with van der Waals surface area (Å²) in [6.45, 7) is 0. The van der Waals surface area contributed by atoms with Gasteiger partial charge in [-0.2, -0.15) is 0 Å². The standard InChI is InChI=1S/C13H11BO/c14-9-10-6-7-12(13(15)8-10)11-4-2-1-3-5-11/h1-8,15H,9H2. The Hall–Kier alpha value is -1.70. The lowest BCUT2D eigenvalue weighted by Crippen LogP contribution is -1.85. The quantitative estimate of drug-likeness (QED) is 0.728. The average molecular weight is 194 g/mol. The van der Waals surface area contributed by atoms with Crippen molar-refractivity contribution in [2.75, 3.05) is 0 Å². The van der Waals surface area contributed by atoms with Crippen molar-refractivity contribution in [3.05, 3.63) is 54.1 Å². The molecule has 2 aromatic carbocycles. The van der Waals surface area contributed by atoms with Gasteiger partial charge < -0.3 is 5.11 Å². The maximum Gasteiger partial charge on any atom is 0.123 e. The molecule has 0 heterocycles. The molecule has 2 radical (unpaired) electrons. The van der Waals surface area contributed by atoms with Crippen LogP contribution in [-0.2, 0) is 6.32 Å². The molecule has 0 aliphatic carbocycles. The summed E-state index contributed by atoms with van der Waals surface area (Å²) in [4.78, 5) is 0. The van der Waals surface area contributed by atoms with Gasteiger partial charge in [0.05, 0.1) is 7.85 Å². The van der Waals surface area contributed by atoms with Crippen LogP contribution in [0.4, 0.5) is 0 Å². The number of benzene rings is 2. The lowest BCUT2D eigenvalue weighted by atomic mass is 9.94. The molecule has 0 aliphatic rings. The lowest BCUT2D eigenvalue weighted by molar-refractivity contribution is 0.477. The van der Waals surface area contributed by atoms with Gasteiger partial charge >= 0.3 is 0 Å². The van der Waals surface area contributed by atoms with E-state index in [0.717, 1.165) is 16.7 Å². The van der Waals surface area contributed by atoms with Crippen molar-refractivity contribution in [3.63, 3.8) is 0 Å². The smallest absolute Gasteiger partial charge is 0.123 e. The highest BCUT2D eigenvalue weighted by Crippen LogP contribution is 2.29. The molecule has 0 amide bonds. The van der Waals surface area contributed by atoms with Crippen molar-refractivity contribution in [3.8, 4) is 16.9 Å². The molecule has 0 aliphatic heterocycles. The molecule has 2 heteroatoms. The average Bonchev–Trinajstić information content (AvgIpc) is 2.30. The number of phenols is 1. The number of aromatic hydroxyl groups is 1. The predicted octanol–water partition coefficient (Wildman–Crippen LogP) is 2.73. The molecule has 0 saturated heterocycles. The van der Waals surface area contributed by atoms with Gasteiger partial charge in [-0.05, 0) is 11.6 Å². The Morgan fingerprint density at radius 1 is 1.00 bits per heavy atom. The van der Waals surface area contributed by atoms with Crippen molar-refractivity contribution in [2.24, 2.45) is 0 Å². The second kappa shape index (κ2) is 4.22. The van der Waals surface area contributed by atoms with Crippen LogP contribution in [0.5, 0.6) is 5.75 Å². The summed E-state index contributed by atoms with van der Waals surface area (Å²) in [7, 11) is 5.50. The SMILES string of the molecule is [B]Cc1ccc(-c2ccccc2)c(O)c1. The lowest BCUT2D eigenvalue weighted by Gasteiger charge is -2.06. The summed E-state index contributed by atoms with van der Waals surface area (Å²) in [5.41, 5.74) is 2.79. The van der Waals surface area contributed by atoms with Gasteiger partial charge in [-0.1, -0.05) is 54.3 Å². The zero-order chi connectivity index (χ0) is 10.7. The summed E-state index contributed by atoms with van der Waals surface area (Å²) >= 11 is 0. The molecule has 2 rings (SSSR count). The van der Waals surface area contributed by atoms with Gasteiger partial charge in [-0.25, -0.2) is 0 Å². The topological polar surface area (TPSA) is 20.2 Å². The van der Waals surface area contributed by atoms with Crippen LogP contribution in [0.3, 0.4) is 0 Å². The Balaban J connectivity index is 2.46. The van der Waals surface area contributed by atoms with Gasteiger partial charge in [-0.15, -0.1) is 0 Å². The van der Waals surface area contributed by atoms with Crippen molar-refractivity contribution >= 4 is 7.85 Å². The minimum atomic E-state index is 0.282. The van der Waals surface area contributed by atoms with Crippen LogP contribution in [0, 0.1) is 0 Å². The predicted molar refractivity (Wildman–Crippen MR) is 63.0 cm³/mol. The van der Waals surface area contributed by atoms with Crippen LogP contribution in [0.25, 0.3) is 11.1 Å². The third-order valence-corrected chi connectivity index (χ3v) is 2.38. The van der Waals surface area contributed by atoms with Gasteiger partial charge in [0.2, 0.25) is 0 Å². The van der Waals surface area contributed by atoms with E-state index in [1.807, 2.05) is 42.5 Å². The van der Waals surface area contributed by atoms with Gasteiger partial charge in [0.15, 0.2) is 0 Å². The first-order valence-electron chi connectivity index (χ1n) is 4.88. The monoisotopic (exact) mass is 194 g/mol. The van der Waals surface area contributed by atoms with E-state index in [4.69, 9.17) is 7.85 Å². The Bertz CT molecular complexity index is 451. The van der Waals surface area contributed by atoms with E-state index in [2.05, 4.69) is 0 Å². The molecule has 0 fully saturated rings. The second-order valence-electron chi connectivity index (χ2n) is 3.42. The maximum absolute atomic E-state index is 9.82. The molecule has 0 unspecified atom stereocenters.